The van der Waals surface area contributed by atoms with Gasteiger partial charge in [0.05, 0.1) is 22.0 Å². The van der Waals surface area contributed by atoms with Gasteiger partial charge in [-0.1, -0.05) is 35.4 Å². The Morgan fingerprint density at radius 2 is 1.76 bits per heavy atom. The van der Waals surface area contributed by atoms with E-state index in [9.17, 15) is 14.0 Å². The second-order valence-corrected chi connectivity index (χ2v) is 8.44. The molecule has 8 heteroatoms. The van der Waals surface area contributed by atoms with E-state index in [1.165, 1.54) is 21.7 Å². The third-order valence-electron chi connectivity index (χ3n) is 5.21. The van der Waals surface area contributed by atoms with Gasteiger partial charge in [-0.05, 0) is 55.5 Å². The number of anilines is 1. The van der Waals surface area contributed by atoms with Crippen LogP contribution in [0.4, 0.5) is 10.1 Å². The second-order valence-electron chi connectivity index (χ2n) is 8.03. The Morgan fingerprint density at radius 1 is 1.03 bits per heavy atom. The molecule has 0 bridgehead atoms. The van der Waals surface area contributed by atoms with Gasteiger partial charge in [-0.2, -0.15) is 5.10 Å². The summed E-state index contributed by atoms with van der Waals surface area (Å²) in [5, 5.41) is 7.72. The first-order valence-corrected chi connectivity index (χ1v) is 10.9. The molecule has 1 aromatic heterocycles. The Morgan fingerprint density at radius 3 is 2.44 bits per heavy atom. The average molecular weight is 477 g/mol. The monoisotopic (exact) mass is 476 g/mol. The number of aryl methyl sites for hydroxylation is 1. The van der Waals surface area contributed by atoms with Crippen molar-refractivity contribution in [2.24, 2.45) is 0 Å². The molecule has 6 nitrogen and oxygen atoms in total. The lowest BCUT2D eigenvalue weighted by molar-refractivity contribution is 0.0827. The highest BCUT2D eigenvalue weighted by molar-refractivity contribution is 6.34. The lowest BCUT2D eigenvalue weighted by atomic mass is 10.1. The zero-order valence-corrected chi connectivity index (χ0v) is 19.6. The Kier molecular flexibility index (Phi) is 6.47. The molecular formula is C26H22ClFN4O2. The number of nitrogens with zero attached hydrogens (tertiary/aromatic N) is 3. The number of nitrogens with one attached hydrogen (secondary N) is 1. The van der Waals surface area contributed by atoms with Gasteiger partial charge >= 0.3 is 0 Å². The minimum Gasteiger partial charge on any atom is -0.345 e. The van der Waals surface area contributed by atoms with E-state index < -0.39 is 5.91 Å². The molecule has 0 atom stereocenters. The molecule has 0 spiro atoms. The van der Waals surface area contributed by atoms with Crippen LogP contribution in [-0.2, 0) is 0 Å². The zero-order chi connectivity index (χ0) is 24.4. The Bertz CT molecular complexity index is 1380. The van der Waals surface area contributed by atoms with Crippen molar-refractivity contribution in [2.45, 2.75) is 6.92 Å². The normalized spacial score (nSPS) is 10.7. The van der Waals surface area contributed by atoms with Crippen LogP contribution < -0.4 is 5.32 Å². The van der Waals surface area contributed by atoms with Crippen LogP contribution in [0.25, 0.3) is 16.9 Å². The number of benzene rings is 3. The van der Waals surface area contributed by atoms with Crippen molar-refractivity contribution in [1.29, 1.82) is 0 Å². The largest absolute Gasteiger partial charge is 0.345 e. The predicted octanol–water partition coefficient (Wildman–Crippen LogP) is 5.59. The molecule has 4 rings (SSSR count). The van der Waals surface area contributed by atoms with Crippen molar-refractivity contribution >= 4 is 29.1 Å². The van der Waals surface area contributed by atoms with E-state index in [1.807, 2.05) is 31.2 Å². The first-order valence-electron chi connectivity index (χ1n) is 10.5. The van der Waals surface area contributed by atoms with E-state index in [1.54, 1.807) is 50.6 Å². The van der Waals surface area contributed by atoms with Crippen molar-refractivity contribution in [2.75, 3.05) is 19.4 Å². The van der Waals surface area contributed by atoms with E-state index in [0.29, 0.717) is 33.2 Å². The van der Waals surface area contributed by atoms with Crippen molar-refractivity contribution < 1.29 is 14.0 Å². The summed E-state index contributed by atoms with van der Waals surface area (Å²) in [5.41, 5.74) is 3.84. The molecule has 3 aromatic carbocycles. The number of halogens is 2. The summed E-state index contributed by atoms with van der Waals surface area (Å²) >= 11 is 6.31. The maximum Gasteiger partial charge on any atom is 0.259 e. The van der Waals surface area contributed by atoms with Crippen LogP contribution in [0.2, 0.25) is 5.02 Å². The maximum absolute atomic E-state index is 13.4. The Hall–Kier alpha value is -3.97. The van der Waals surface area contributed by atoms with Crippen molar-refractivity contribution in [1.82, 2.24) is 14.7 Å². The number of aromatic nitrogens is 2. The topological polar surface area (TPSA) is 67.2 Å². The number of carbonyl (C=O) groups excluding carboxylic acids is 2. The third kappa shape index (κ3) is 4.84. The second kappa shape index (κ2) is 9.49. The third-order valence-corrected chi connectivity index (χ3v) is 5.54. The van der Waals surface area contributed by atoms with Gasteiger partial charge in [-0.25, -0.2) is 9.07 Å². The van der Waals surface area contributed by atoms with Crippen LogP contribution in [0.1, 0.15) is 26.3 Å². The number of rotatable bonds is 5. The summed E-state index contributed by atoms with van der Waals surface area (Å²) in [6.07, 6.45) is 1.59. The molecule has 0 saturated heterocycles. The minimum atomic E-state index is -0.443. The first kappa shape index (κ1) is 23.2. The fourth-order valence-electron chi connectivity index (χ4n) is 3.47. The summed E-state index contributed by atoms with van der Waals surface area (Å²) in [5.74, 6) is -1.02. The minimum absolute atomic E-state index is 0.211. The fraction of sp³-hybridized carbons (Fsp3) is 0.115. The Balaban J connectivity index is 1.76. The van der Waals surface area contributed by atoms with Crippen LogP contribution >= 0.6 is 11.6 Å². The Labute approximate surface area is 201 Å². The van der Waals surface area contributed by atoms with Gasteiger partial charge in [0.25, 0.3) is 11.8 Å². The van der Waals surface area contributed by atoms with Crippen LogP contribution in [0.15, 0.2) is 72.9 Å². The van der Waals surface area contributed by atoms with Crippen molar-refractivity contribution in [3.05, 3.63) is 100 Å². The number of carbonyl (C=O) groups is 2. The molecule has 2 amide bonds. The SMILES string of the molecule is Cc1cccc(-c2nn(-c3ccc(F)cc3)cc2C(=O)Nc2cc(C(=O)N(C)C)ccc2Cl)c1. The highest BCUT2D eigenvalue weighted by atomic mass is 35.5. The van der Waals surface area contributed by atoms with Crippen LogP contribution in [0.3, 0.4) is 0 Å². The molecule has 172 valence electrons. The van der Waals surface area contributed by atoms with E-state index in [2.05, 4.69) is 10.4 Å². The number of amides is 2. The molecule has 0 fully saturated rings. The average Bonchev–Trinajstić information content (AvgIpc) is 3.26. The molecule has 1 heterocycles. The van der Waals surface area contributed by atoms with Gasteiger partial charge in [0.2, 0.25) is 0 Å². The van der Waals surface area contributed by atoms with Gasteiger partial charge in [-0.3, -0.25) is 9.59 Å². The summed E-state index contributed by atoms with van der Waals surface area (Å²) in [6.45, 7) is 1.95. The van der Waals surface area contributed by atoms with Crippen molar-refractivity contribution in [3.63, 3.8) is 0 Å². The molecule has 0 aliphatic heterocycles. The zero-order valence-electron chi connectivity index (χ0n) is 18.8. The van der Waals surface area contributed by atoms with E-state index in [0.717, 1.165) is 11.1 Å². The maximum atomic E-state index is 13.4. The molecule has 0 radical (unpaired) electrons. The molecule has 0 unspecified atom stereocenters. The van der Waals surface area contributed by atoms with Gasteiger partial charge in [0.1, 0.15) is 11.5 Å². The van der Waals surface area contributed by atoms with Crippen LogP contribution in [0, 0.1) is 12.7 Å². The molecule has 1 N–H and O–H groups in total. The summed E-state index contributed by atoms with van der Waals surface area (Å²) in [4.78, 5) is 27.2. The standard InChI is InChI=1S/C26H22ClFN4O2/c1-16-5-4-6-17(13-16)24-21(15-32(30-24)20-10-8-19(28)9-11-20)25(33)29-23-14-18(7-12-22(23)27)26(34)31(2)3/h4-15H,1-3H3,(H,29,33). The lowest BCUT2D eigenvalue weighted by Gasteiger charge is -2.13. The molecule has 0 aliphatic carbocycles. The highest BCUT2D eigenvalue weighted by Gasteiger charge is 2.21. The summed E-state index contributed by atoms with van der Waals surface area (Å²) in [6, 6.07) is 18.2. The van der Waals surface area contributed by atoms with E-state index in [4.69, 9.17) is 11.6 Å². The highest BCUT2D eigenvalue weighted by Crippen LogP contribution is 2.28. The van der Waals surface area contributed by atoms with Gasteiger partial charge < -0.3 is 10.2 Å². The molecule has 4 aromatic rings. The quantitative estimate of drug-likeness (QED) is 0.408. The van der Waals surface area contributed by atoms with Gasteiger partial charge in [0.15, 0.2) is 0 Å². The molecule has 0 saturated carbocycles. The van der Waals surface area contributed by atoms with Crippen LogP contribution in [-0.4, -0.2) is 40.6 Å². The van der Waals surface area contributed by atoms with Crippen LogP contribution in [0.5, 0.6) is 0 Å². The number of hydrogen-bond acceptors (Lipinski definition) is 3. The fourth-order valence-corrected chi connectivity index (χ4v) is 3.64. The first-order chi connectivity index (χ1) is 16.2. The van der Waals surface area contributed by atoms with Crippen molar-refractivity contribution in [3.8, 4) is 16.9 Å². The molecular weight excluding hydrogens is 455 g/mol. The van der Waals surface area contributed by atoms with E-state index in [-0.39, 0.29) is 11.7 Å². The summed E-state index contributed by atoms with van der Waals surface area (Å²) in [7, 11) is 3.29. The van der Waals surface area contributed by atoms with Gasteiger partial charge in [0, 0.05) is 31.4 Å². The van der Waals surface area contributed by atoms with E-state index >= 15 is 0 Å². The number of hydrogen-bond donors (Lipinski definition) is 1. The smallest absolute Gasteiger partial charge is 0.259 e. The predicted molar refractivity (Wildman–Crippen MR) is 131 cm³/mol. The summed E-state index contributed by atoms with van der Waals surface area (Å²) < 4.78 is 14.9. The lowest BCUT2D eigenvalue weighted by Crippen LogP contribution is -2.22. The molecule has 0 aliphatic rings. The van der Waals surface area contributed by atoms with Gasteiger partial charge in [-0.15, -0.1) is 0 Å². The molecule has 34 heavy (non-hydrogen) atoms.